The lowest BCUT2D eigenvalue weighted by Crippen LogP contribution is -2.16. The van der Waals surface area contributed by atoms with Crippen molar-refractivity contribution in [2.24, 2.45) is 0 Å². The molecule has 0 saturated carbocycles. The fourth-order valence-electron chi connectivity index (χ4n) is 1.65. The Morgan fingerprint density at radius 1 is 1.16 bits per heavy atom. The first kappa shape index (κ1) is 13.7. The number of nitrogens with zero attached hydrogens (tertiary/aromatic N) is 1. The number of aromatic nitrogens is 1. The summed E-state index contributed by atoms with van der Waals surface area (Å²) in [5, 5.41) is 2.77. The first-order valence-electron chi connectivity index (χ1n) is 5.80. The largest absolute Gasteiger partial charge is 0.356 e. The number of hydrogen-bond acceptors (Lipinski definition) is 3. The van der Waals surface area contributed by atoms with E-state index >= 15 is 0 Å². The van der Waals surface area contributed by atoms with Crippen LogP contribution in [0.1, 0.15) is 6.92 Å². The van der Waals surface area contributed by atoms with Crippen LogP contribution in [-0.4, -0.2) is 20.6 Å². The van der Waals surface area contributed by atoms with Crippen molar-refractivity contribution in [2.45, 2.75) is 12.7 Å². The van der Waals surface area contributed by atoms with Crippen molar-refractivity contribution >= 4 is 13.4 Å². The molecule has 3 N–H and O–H groups in total. The fraction of sp³-hybridized carbons (Fsp3) is 0.154. The summed E-state index contributed by atoms with van der Waals surface area (Å²) in [4.78, 5) is 22.4. The Hall–Kier alpha value is -1.68. The summed E-state index contributed by atoms with van der Waals surface area (Å²) < 4.78 is 11.2. The number of pyridine rings is 1. The monoisotopic (exact) mass is 278 g/mol. The molecule has 0 saturated heterocycles. The van der Waals surface area contributed by atoms with Crippen molar-refractivity contribution in [1.82, 2.24) is 4.98 Å². The molecule has 0 spiro atoms. The highest BCUT2D eigenvalue weighted by molar-refractivity contribution is 7.52. The molecule has 0 aliphatic carbocycles. The second-order valence-electron chi connectivity index (χ2n) is 4.17. The Balaban J connectivity index is 2.35. The summed E-state index contributed by atoms with van der Waals surface area (Å²) in [6, 6.07) is 13.2. The fourth-order valence-corrected chi connectivity index (χ4v) is 1.94. The highest BCUT2D eigenvalue weighted by atomic mass is 31.2. The molecule has 0 radical (unpaired) electrons. The summed E-state index contributed by atoms with van der Waals surface area (Å²) in [6.07, 6.45) is 1.58. The maximum absolute atomic E-state index is 11.2. The zero-order valence-corrected chi connectivity index (χ0v) is 11.3. The van der Waals surface area contributed by atoms with Gasteiger partial charge in [0, 0.05) is 11.8 Å². The van der Waals surface area contributed by atoms with Gasteiger partial charge in [-0.3, -0.25) is 4.57 Å². The SMILES string of the molecule is CC(Nc1ncccc1-c1ccccc1)P(=O)(O)O. The van der Waals surface area contributed by atoms with Crippen LogP contribution in [0.5, 0.6) is 0 Å². The minimum absolute atomic E-state index is 0.463. The predicted molar refractivity (Wildman–Crippen MR) is 74.8 cm³/mol. The van der Waals surface area contributed by atoms with E-state index in [2.05, 4.69) is 10.3 Å². The third kappa shape index (κ3) is 3.41. The first-order chi connectivity index (χ1) is 8.98. The molecule has 5 nitrogen and oxygen atoms in total. The molecule has 19 heavy (non-hydrogen) atoms. The minimum Gasteiger partial charge on any atom is -0.356 e. The van der Waals surface area contributed by atoms with Crippen LogP contribution in [0.4, 0.5) is 5.82 Å². The topological polar surface area (TPSA) is 82.5 Å². The molecule has 1 aromatic carbocycles. The number of nitrogens with one attached hydrogen (secondary N) is 1. The van der Waals surface area contributed by atoms with Crippen LogP contribution < -0.4 is 5.32 Å². The van der Waals surface area contributed by atoms with E-state index in [-0.39, 0.29) is 0 Å². The highest BCUT2D eigenvalue weighted by Gasteiger charge is 2.24. The van der Waals surface area contributed by atoms with Crippen LogP contribution in [-0.2, 0) is 4.57 Å². The van der Waals surface area contributed by atoms with E-state index in [0.29, 0.717) is 5.82 Å². The number of rotatable bonds is 4. The predicted octanol–water partition coefficient (Wildman–Crippen LogP) is 2.68. The normalized spacial score (nSPS) is 13.0. The molecule has 1 unspecified atom stereocenters. The molecule has 0 amide bonds. The van der Waals surface area contributed by atoms with Gasteiger partial charge in [0.1, 0.15) is 11.6 Å². The summed E-state index contributed by atoms with van der Waals surface area (Å²) in [7, 11) is -4.18. The maximum Gasteiger partial charge on any atom is 0.347 e. The maximum atomic E-state index is 11.2. The van der Waals surface area contributed by atoms with Gasteiger partial charge in [-0.2, -0.15) is 0 Å². The van der Waals surface area contributed by atoms with E-state index in [1.54, 1.807) is 12.3 Å². The van der Waals surface area contributed by atoms with Crippen LogP contribution in [0.2, 0.25) is 0 Å². The van der Waals surface area contributed by atoms with Gasteiger partial charge in [0.25, 0.3) is 0 Å². The van der Waals surface area contributed by atoms with Crippen LogP contribution in [0.25, 0.3) is 11.1 Å². The van der Waals surface area contributed by atoms with Crippen LogP contribution in [0, 0.1) is 0 Å². The van der Waals surface area contributed by atoms with Crippen LogP contribution >= 0.6 is 7.60 Å². The zero-order valence-electron chi connectivity index (χ0n) is 10.4. The van der Waals surface area contributed by atoms with Crippen molar-refractivity contribution in [3.63, 3.8) is 0 Å². The van der Waals surface area contributed by atoms with Crippen LogP contribution in [0.3, 0.4) is 0 Å². The molecule has 0 fully saturated rings. The quantitative estimate of drug-likeness (QED) is 0.749. The third-order valence-corrected chi connectivity index (χ3v) is 3.88. The van der Waals surface area contributed by atoms with Gasteiger partial charge < -0.3 is 15.1 Å². The van der Waals surface area contributed by atoms with Gasteiger partial charge in [-0.25, -0.2) is 4.98 Å². The Bertz CT molecular complexity index is 598. The zero-order chi connectivity index (χ0) is 13.9. The van der Waals surface area contributed by atoms with E-state index < -0.39 is 13.4 Å². The van der Waals surface area contributed by atoms with Crippen LogP contribution in [0.15, 0.2) is 48.7 Å². The molecule has 2 aromatic rings. The van der Waals surface area contributed by atoms with E-state index in [1.807, 2.05) is 36.4 Å². The molecule has 1 heterocycles. The lowest BCUT2D eigenvalue weighted by Gasteiger charge is -2.18. The van der Waals surface area contributed by atoms with Crippen molar-refractivity contribution < 1.29 is 14.4 Å². The Morgan fingerprint density at radius 3 is 2.47 bits per heavy atom. The molecule has 2 rings (SSSR count). The summed E-state index contributed by atoms with van der Waals surface area (Å²) in [5.41, 5.74) is 1.75. The lowest BCUT2D eigenvalue weighted by atomic mass is 10.1. The molecule has 100 valence electrons. The van der Waals surface area contributed by atoms with Crippen molar-refractivity contribution in [2.75, 3.05) is 5.32 Å². The molecular formula is C13H15N2O3P. The molecule has 1 atom stereocenters. The van der Waals surface area contributed by atoms with Gasteiger partial charge in [-0.1, -0.05) is 30.3 Å². The number of benzene rings is 1. The molecule has 0 aliphatic rings. The number of hydrogen-bond donors (Lipinski definition) is 3. The average molecular weight is 278 g/mol. The highest BCUT2D eigenvalue weighted by Crippen LogP contribution is 2.41. The van der Waals surface area contributed by atoms with Gasteiger partial charge in [0.2, 0.25) is 0 Å². The summed E-state index contributed by atoms with van der Waals surface area (Å²) in [6.45, 7) is 1.43. The molecule has 6 heteroatoms. The van der Waals surface area contributed by atoms with Gasteiger partial charge in [-0.05, 0) is 24.6 Å². The van der Waals surface area contributed by atoms with Gasteiger partial charge >= 0.3 is 7.60 Å². The van der Waals surface area contributed by atoms with Crippen molar-refractivity contribution in [3.8, 4) is 11.1 Å². The van der Waals surface area contributed by atoms with Crippen molar-refractivity contribution in [3.05, 3.63) is 48.7 Å². The number of anilines is 1. The summed E-state index contributed by atoms with van der Waals surface area (Å²) in [5.74, 6) is -0.519. The van der Waals surface area contributed by atoms with Gasteiger partial charge in [0.15, 0.2) is 0 Å². The molecule has 0 aliphatic heterocycles. The first-order valence-corrected chi connectivity index (χ1v) is 7.49. The smallest absolute Gasteiger partial charge is 0.347 e. The average Bonchev–Trinajstić information content (AvgIpc) is 2.39. The van der Waals surface area contributed by atoms with E-state index in [4.69, 9.17) is 9.79 Å². The second kappa shape index (κ2) is 5.53. The lowest BCUT2D eigenvalue weighted by molar-refractivity contribution is 0.364. The second-order valence-corrected chi connectivity index (χ2v) is 6.13. The van der Waals surface area contributed by atoms with E-state index in [1.165, 1.54) is 6.92 Å². The molecule has 0 bridgehead atoms. The van der Waals surface area contributed by atoms with E-state index in [9.17, 15) is 4.57 Å². The summed E-state index contributed by atoms with van der Waals surface area (Å²) >= 11 is 0. The van der Waals surface area contributed by atoms with Gasteiger partial charge in [-0.15, -0.1) is 0 Å². The Morgan fingerprint density at radius 2 is 1.84 bits per heavy atom. The third-order valence-electron chi connectivity index (χ3n) is 2.74. The molecule has 1 aromatic heterocycles. The Kier molecular flexibility index (Phi) is 4.00. The Labute approximate surface area is 111 Å². The standard InChI is InChI=1S/C13H15N2O3P/c1-10(19(16,17)18)15-13-12(8-5-9-14-13)11-6-3-2-4-7-11/h2-10H,1H3,(H,14,15)(H2,16,17,18). The van der Waals surface area contributed by atoms with Crippen molar-refractivity contribution in [1.29, 1.82) is 0 Å². The van der Waals surface area contributed by atoms with Gasteiger partial charge in [0.05, 0.1) is 0 Å². The molecular weight excluding hydrogens is 263 g/mol. The minimum atomic E-state index is -4.18. The van der Waals surface area contributed by atoms with E-state index in [0.717, 1.165) is 11.1 Å².